The van der Waals surface area contributed by atoms with Crippen molar-refractivity contribution in [3.05, 3.63) is 77.3 Å². The predicted octanol–water partition coefficient (Wildman–Crippen LogP) is 5.02. The van der Waals surface area contributed by atoms with Gasteiger partial charge in [-0.1, -0.05) is 29.8 Å². The van der Waals surface area contributed by atoms with Crippen molar-refractivity contribution in [2.24, 2.45) is 0 Å². The number of carbonyl (C=O) groups excluding carboxylic acids is 1. The molecular formula is C22H17ClN4O2S. The number of imidazole rings is 1. The van der Waals surface area contributed by atoms with E-state index in [9.17, 15) is 4.79 Å². The molecule has 0 aliphatic rings. The number of nitrogens with one attached hydrogen (secondary N) is 3. The average Bonchev–Trinajstić information content (AvgIpc) is 3.19. The van der Waals surface area contributed by atoms with Crippen molar-refractivity contribution in [1.29, 1.82) is 0 Å². The number of methoxy groups -OCH3 is 1. The summed E-state index contributed by atoms with van der Waals surface area (Å²) in [4.78, 5) is 20.3. The summed E-state index contributed by atoms with van der Waals surface area (Å²) in [5, 5.41) is 6.22. The molecule has 4 rings (SSSR count). The number of benzene rings is 3. The van der Waals surface area contributed by atoms with E-state index in [0.717, 1.165) is 16.6 Å². The molecule has 1 aromatic heterocycles. The first kappa shape index (κ1) is 19.9. The summed E-state index contributed by atoms with van der Waals surface area (Å²) in [6.07, 6.45) is 0. The largest absolute Gasteiger partial charge is 0.497 e. The molecule has 0 fully saturated rings. The second kappa shape index (κ2) is 8.52. The Kier molecular flexibility index (Phi) is 5.65. The van der Waals surface area contributed by atoms with Crippen molar-refractivity contribution in [3.63, 3.8) is 0 Å². The Morgan fingerprint density at radius 1 is 1.10 bits per heavy atom. The molecule has 0 aliphatic carbocycles. The van der Waals surface area contributed by atoms with Crippen LogP contribution < -0.4 is 15.4 Å². The first-order chi connectivity index (χ1) is 14.5. The minimum absolute atomic E-state index is 0.131. The van der Waals surface area contributed by atoms with Crippen LogP contribution in [0.1, 0.15) is 10.4 Å². The zero-order chi connectivity index (χ0) is 21.1. The Hall–Kier alpha value is -3.42. The lowest BCUT2D eigenvalue weighted by molar-refractivity contribution is 0.0977. The fraction of sp³-hybridized carbons (Fsp3) is 0.0455. The Morgan fingerprint density at radius 2 is 1.93 bits per heavy atom. The molecule has 3 aromatic carbocycles. The molecule has 4 aromatic rings. The molecule has 30 heavy (non-hydrogen) atoms. The molecule has 1 heterocycles. The van der Waals surface area contributed by atoms with Gasteiger partial charge in [-0.15, -0.1) is 0 Å². The number of nitrogens with zero attached hydrogens (tertiary/aromatic N) is 1. The highest BCUT2D eigenvalue weighted by Crippen LogP contribution is 2.28. The van der Waals surface area contributed by atoms with E-state index >= 15 is 0 Å². The lowest BCUT2D eigenvalue weighted by Crippen LogP contribution is -2.34. The maximum absolute atomic E-state index is 12.4. The number of hydrogen-bond acceptors (Lipinski definition) is 4. The molecule has 0 saturated carbocycles. The molecular weight excluding hydrogens is 420 g/mol. The second-order valence-corrected chi connectivity index (χ2v) is 7.25. The first-order valence-electron chi connectivity index (χ1n) is 9.04. The first-order valence-corrected chi connectivity index (χ1v) is 9.83. The summed E-state index contributed by atoms with van der Waals surface area (Å²) >= 11 is 11.6. The molecule has 0 spiro atoms. The van der Waals surface area contributed by atoms with Gasteiger partial charge < -0.3 is 15.0 Å². The number of rotatable bonds is 4. The van der Waals surface area contributed by atoms with Crippen LogP contribution in [0.15, 0.2) is 66.7 Å². The third-order valence-electron chi connectivity index (χ3n) is 4.44. The van der Waals surface area contributed by atoms with Crippen LogP contribution in [-0.4, -0.2) is 28.1 Å². The summed E-state index contributed by atoms with van der Waals surface area (Å²) in [6.45, 7) is 0. The normalized spacial score (nSPS) is 10.6. The van der Waals surface area contributed by atoms with Crippen LogP contribution >= 0.6 is 23.8 Å². The quantitative estimate of drug-likeness (QED) is 0.391. The SMILES string of the molecule is COc1cccc(C(=O)NC(=S)Nc2cc(-c3nc4ccccc4[nH]3)ccc2Cl)c1. The number of aromatic amines is 1. The van der Waals surface area contributed by atoms with Crippen LogP contribution in [0, 0.1) is 0 Å². The standard InChI is InChI=1S/C22H17ClN4O2S/c1-29-15-6-4-5-14(11-15)21(28)27-22(30)26-19-12-13(9-10-16(19)23)20-24-17-7-2-3-8-18(17)25-20/h2-12H,1H3,(H,24,25)(H2,26,27,28,30). The predicted molar refractivity (Wildman–Crippen MR) is 123 cm³/mol. The lowest BCUT2D eigenvalue weighted by atomic mass is 10.2. The number of halogens is 1. The Balaban J connectivity index is 1.51. The Morgan fingerprint density at radius 3 is 2.73 bits per heavy atom. The number of hydrogen-bond donors (Lipinski definition) is 3. The lowest BCUT2D eigenvalue weighted by Gasteiger charge is -2.12. The van der Waals surface area contributed by atoms with Gasteiger partial charge in [-0.25, -0.2) is 4.98 Å². The van der Waals surface area contributed by atoms with Gasteiger partial charge >= 0.3 is 0 Å². The van der Waals surface area contributed by atoms with Crippen LogP contribution in [-0.2, 0) is 0 Å². The monoisotopic (exact) mass is 436 g/mol. The molecule has 150 valence electrons. The number of aromatic nitrogens is 2. The van der Waals surface area contributed by atoms with Gasteiger partial charge in [0.2, 0.25) is 0 Å². The number of ether oxygens (including phenoxy) is 1. The summed E-state index contributed by atoms with van der Waals surface area (Å²) in [6, 6.07) is 20.0. The van der Waals surface area contributed by atoms with Crippen LogP contribution in [0.4, 0.5) is 5.69 Å². The van der Waals surface area contributed by atoms with Gasteiger partial charge in [0.1, 0.15) is 11.6 Å². The van der Waals surface area contributed by atoms with Crippen molar-refractivity contribution < 1.29 is 9.53 Å². The number of thiocarbonyl (C=S) groups is 1. The summed E-state index contributed by atoms with van der Waals surface area (Å²) < 4.78 is 5.14. The number of carbonyl (C=O) groups is 1. The van der Waals surface area contributed by atoms with Crippen molar-refractivity contribution >= 4 is 51.6 Å². The highest BCUT2D eigenvalue weighted by atomic mass is 35.5. The van der Waals surface area contributed by atoms with Crippen LogP contribution in [0.5, 0.6) is 5.75 Å². The minimum atomic E-state index is -0.351. The molecule has 0 aliphatic heterocycles. The van der Waals surface area contributed by atoms with Gasteiger partial charge in [0.05, 0.1) is 28.9 Å². The van der Waals surface area contributed by atoms with Gasteiger partial charge in [-0.05, 0) is 60.7 Å². The molecule has 6 nitrogen and oxygen atoms in total. The van der Waals surface area contributed by atoms with Gasteiger partial charge in [-0.3, -0.25) is 10.1 Å². The number of anilines is 1. The van der Waals surface area contributed by atoms with E-state index in [1.807, 2.05) is 36.4 Å². The second-order valence-electron chi connectivity index (χ2n) is 6.44. The maximum atomic E-state index is 12.4. The van der Waals surface area contributed by atoms with Crippen LogP contribution in [0.3, 0.4) is 0 Å². The van der Waals surface area contributed by atoms with Crippen LogP contribution in [0.25, 0.3) is 22.4 Å². The van der Waals surface area contributed by atoms with E-state index in [2.05, 4.69) is 20.6 Å². The molecule has 0 unspecified atom stereocenters. The van der Waals surface area contributed by atoms with Gasteiger partial charge in [0.15, 0.2) is 5.11 Å². The molecule has 3 N–H and O–H groups in total. The van der Waals surface area contributed by atoms with E-state index < -0.39 is 0 Å². The van der Waals surface area contributed by atoms with Crippen molar-refractivity contribution in [2.45, 2.75) is 0 Å². The van der Waals surface area contributed by atoms with Gasteiger partial charge in [0.25, 0.3) is 5.91 Å². The van der Waals surface area contributed by atoms with E-state index in [1.165, 1.54) is 0 Å². The zero-order valence-electron chi connectivity index (χ0n) is 15.9. The zero-order valence-corrected chi connectivity index (χ0v) is 17.5. The third kappa shape index (κ3) is 4.27. The van der Waals surface area contributed by atoms with E-state index in [1.54, 1.807) is 37.4 Å². The number of para-hydroxylation sites is 2. The fourth-order valence-corrected chi connectivity index (χ4v) is 3.32. The Bertz CT molecular complexity index is 1220. The number of H-pyrrole nitrogens is 1. The van der Waals surface area contributed by atoms with Crippen molar-refractivity contribution in [2.75, 3.05) is 12.4 Å². The topological polar surface area (TPSA) is 79.0 Å². The smallest absolute Gasteiger partial charge is 0.257 e. The van der Waals surface area contributed by atoms with E-state index in [4.69, 9.17) is 28.6 Å². The summed E-state index contributed by atoms with van der Waals surface area (Å²) in [7, 11) is 1.54. The van der Waals surface area contributed by atoms with Crippen molar-refractivity contribution in [3.8, 4) is 17.1 Å². The highest BCUT2D eigenvalue weighted by Gasteiger charge is 2.12. The number of amides is 1. The number of fused-ring (bicyclic) bond motifs is 1. The van der Waals surface area contributed by atoms with E-state index in [0.29, 0.717) is 27.8 Å². The van der Waals surface area contributed by atoms with E-state index in [-0.39, 0.29) is 11.0 Å². The molecule has 0 bridgehead atoms. The highest BCUT2D eigenvalue weighted by molar-refractivity contribution is 7.80. The molecule has 1 amide bonds. The van der Waals surface area contributed by atoms with Crippen molar-refractivity contribution in [1.82, 2.24) is 15.3 Å². The van der Waals surface area contributed by atoms with Crippen LogP contribution in [0.2, 0.25) is 5.02 Å². The summed E-state index contributed by atoms with van der Waals surface area (Å²) in [5.41, 5.74) is 3.64. The molecule has 0 radical (unpaired) electrons. The maximum Gasteiger partial charge on any atom is 0.257 e. The molecule has 0 atom stereocenters. The van der Waals surface area contributed by atoms with Gasteiger partial charge in [0, 0.05) is 11.1 Å². The van der Waals surface area contributed by atoms with Gasteiger partial charge in [-0.2, -0.15) is 0 Å². The summed E-state index contributed by atoms with van der Waals surface area (Å²) in [5.74, 6) is 0.946. The average molecular weight is 437 g/mol. The molecule has 0 saturated heterocycles. The molecule has 8 heteroatoms. The fourth-order valence-electron chi connectivity index (χ4n) is 2.95. The minimum Gasteiger partial charge on any atom is -0.497 e. The Labute approximate surface area is 183 Å². The third-order valence-corrected chi connectivity index (χ3v) is 4.97.